The van der Waals surface area contributed by atoms with Gasteiger partial charge in [-0.1, -0.05) is 13.8 Å². The van der Waals surface area contributed by atoms with Crippen LogP contribution in [-0.2, 0) is 22.4 Å². The highest BCUT2D eigenvalue weighted by Crippen LogP contribution is 2.57. The maximum atomic E-state index is 12.7. The summed E-state index contributed by atoms with van der Waals surface area (Å²) in [5.41, 5.74) is 9.32. The summed E-state index contributed by atoms with van der Waals surface area (Å²) in [5, 5.41) is 2.33. The molecule has 262 valence electrons. The fraction of sp³-hybridized carbons (Fsp3) is 0.571. The second kappa shape index (κ2) is 10.9. The lowest BCUT2D eigenvalue weighted by Gasteiger charge is -2.59. The topological polar surface area (TPSA) is 84.2 Å². The molecule has 50 heavy (non-hydrogen) atoms. The lowest BCUT2D eigenvalue weighted by atomic mass is 9.69. The first-order valence-electron chi connectivity index (χ1n) is 19.7. The Balaban J connectivity index is 1.20. The van der Waals surface area contributed by atoms with Crippen molar-refractivity contribution >= 4 is 33.7 Å². The van der Waals surface area contributed by atoms with E-state index in [0.29, 0.717) is 23.6 Å². The predicted octanol–water partition coefficient (Wildman–Crippen LogP) is 7.89. The Morgan fingerprint density at radius 1 is 0.720 bits per heavy atom. The summed E-state index contributed by atoms with van der Waals surface area (Å²) in [6.45, 7) is 15.2. The molecule has 6 fully saturated rings. The fourth-order valence-electron chi connectivity index (χ4n) is 12.8. The quantitative estimate of drug-likeness (QED) is 0.128. The highest BCUT2D eigenvalue weighted by Gasteiger charge is 2.56. The summed E-state index contributed by atoms with van der Waals surface area (Å²) in [6.07, 6.45) is 9.74. The first-order valence-corrected chi connectivity index (χ1v) is 19.7. The molecule has 8 aliphatic rings. The van der Waals surface area contributed by atoms with Crippen LogP contribution in [-0.4, -0.2) is 70.1 Å². The van der Waals surface area contributed by atoms with Gasteiger partial charge < -0.3 is 28.4 Å². The van der Waals surface area contributed by atoms with Crippen molar-refractivity contribution in [1.82, 2.24) is 9.97 Å². The summed E-state index contributed by atoms with van der Waals surface area (Å²) in [5.74, 6) is 3.57. The van der Waals surface area contributed by atoms with Crippen molar-refractivity contribution < 1.29 is 28.0 Å². The highest BCUT2D eigenvalue weighted by molar-refractivity contribution is 6.11. The maximum absolute atomic E-state index is 12.7. The number of esters is 2. The average Bonchev–Trinajstić information content (AvgIpc) is 3.70. The Hall–Kier alpha value is -3.62. The largest absolute Gasteiger partial charge is 0.426 e. The molecule has 6 saturated heterocycles. The molecule has 0 radical (unpaired) electrons. The van der Waals surface area contributed by atoms with Crippen molar-refractivity contribution in [2.24, 2.45) is 23.7 Å². The van der Waals surface area contributed by atoms with E-state index in [-0.39, 0.29) is 11.9 Å². The number of hydrogen-bond donors (Lipinski definition) is 2. The zero-order chi connectivity index (χ0) is 34.1. The Labute approximate surface area is 294 Å². The lowest BCUT2D eigenvalue weighted by molar-refractivity contribution is -0.978. The number of rotatable bonds is 5. The van der Waals surface area contributed by atoms with Crippen molar-refractivity contribution in [3.05, 3.63) is 46.8 Å². The van der Waals surface area contributed by atoms with Crippen LogP contribution in [0.15, 0.2) is 24.3 Å². The molecule has 8 nitrogen and oxygen atoms in total. The molecule has 2 aromatic carbocycles. The number of piperidine rings is 6. The normalized spacial score (nSPS) is 33.5. The van der Waals surface area contributed by atoms with Gasteiger partial charge >= 0.3 is 11.9 Å². The van der Waals surface area contributed by atoms with E-state index in [4.69, 9.17) is 9.47 Å². The van der Waals surface area contributed by atoms with Crippen molar-refractivity contribution in [2.45, 2.75) is 91.1 Å². The Kier molecular flexibility index (Phi) is 6.82. The number of nitrogens with zero attached hydrogens (tertiary/aromatic N) is 2. The van der Waals surface area contributed by atoms with Crippen LogP contribution in [0.2, 0.25) is 0 Å². The molecule has 8 atom stereocenters. The van der Waals surface area contributed by atoms with Gasteiger partial charge in [-0.25, -0.2) is 0 Å². The number of quaternary nitrogens is 2. The molecule has 2 spiro atoms. The third-order valence-corrected chi connectivity index (χ3v) is 15.0. The number of aromatic nitrogens is 2. The number of hydrogen-bond acceptors (Lipinski definition) is 4. The molecule has 4 aromatic rings. The number of carbonyl (C=O) groups excluding carboxylic acids is 2. The lowest BCUT2D eigenvalue weighted by Crippen LogP contribution is -2.65. The molecule has 0 unspecified atom stereocenters. The van der Waals surface area contributed by atoms with E-state index in [1.54, 1.807) is 0 Å². The van der Waals surface area contributed by atoms with Gasteiger partial charge in [0.05, 0.1) is 61.7 Å². The minimum Gasteiger partial charge on any atom is -0.426 e. The van der Waals surface area contributed by atoms with Gasteiger partial charge in [-0.2, -0.15) is 0 Å². The highest BCUT2D eigenvalue weighted by atomic mass is 16.5. The van der Waals surface area contributed by atoms with E-state index in [0.717, 1.165) is 70.6 Å². The van der Waals surface area contributed by atoms with Crippen LogP contribution in [0.4, 0.5) is 0 Å². The third-order valence-electron chi connectivity index (χ3n) is 15.0. The number of fused-ring (bicyclic) bond motifs is 10. The van der Waals surface area contributed by atoms with Gasteiger partial charge in [-0.05, 0) is 60.1 Å². The number of nitrogens with one attached hydrogen (secondary N) is 2. The number of benzene rings is 2. The predicted molar refractivity (Wildman–Crippen MR) is 194 cm³/mol. The van der Waals surface area contributed by atoms with Crippen LogP contribution in [0.1, 0.15) is 101 Å². The molecule has 0 aliphatic carbocycles. The van der Waals surface area contributed by atoms with Gasteiger partial charge in [0, 0.05) is 86.1 Å². The van der Waals surface area contributed by atoms with Gasteiger partial charge in [0.2, 0.25) is 0 Å². The second-order valence-corrected chi connectivity index (χ2v) is 17.1. The van der Waals surface area contributed by atoms with Crippen molar-refractivity contribution in [2.75, 3.05) is 39.3 Å². The molecule has 10 heterocycles. The molecule has 12 rings (SSSR count). The zero-order valence-electron chi connectivity index (χ0n) is 30.2. The Bertz CT molecular complexity index is 2090. The van der Waals surface area contributed by atoms with Crippen LogP contribution < -0.4 is 9.47 Å². The zero-order valence-corrected chi connectivity index (χ0v) is 30.2. The van der Waals surface area contributed by atoms with Gasteiger partial charge in [0.25, 0.3) is 0 Å². The molecule has 8 heteroatoms. The van der Waals surface area contributed by atoms with Gasteiger partial charge in [0.1, 0.15) is 23.6 Å². The first-order chi connectivity index (χ1) is 24.2. The summed E-state index contributed by atoms with van der Waals surface area (Å²) in [7, 11) is 0. The number of aromatic amines is 2. The first kappa shape index (κ1) is 31.1. The van der Waals surface area contributed by atoms with Crippen molar-refractivity contribution in [3.8, 4) is 22.6 Å². The van der Waals surface area contributed by atoms with Crippen LogP contribution in [0.25, 0.3) is 32.9 Å². The van der Waals surface area contributed by atoms with Crippen LogP contribution in [0, 0.1) is 23.7 Å². The van der Waals surface area contributed by atoms with Crippen molar-refractivity contribution in [1.29, 1.82) is 0 Å². The van der Waals surface area contributed by atoms with Gasteiger partial charge in [-0.15, -0.1) is 0 Å². The molecular weight excluding hydrogens is 624 g/mol. The summed E-state index contributed by atoms with van der Waals surface area (Å²) >= 11 is 0. The number of H-pyrrole nitrogens is 2. The minimum absolute atomic E-state index is 0.351. The Morgan fingerprint density at radius 3 is 1.88 bits per heavy atom. The third kappa shape index (κ3) is 4.24. The van der Waals surface area contributed by atoms with Gasteiger partial charge in [0.15, 0.2) is 0 Å². The molecule has 0 saturated carbocycles. The van der Waals surface area contributed by atoms with Gasteiger partial charge in [-0.3, -0.25) is 9.59 Å². The van der Waals surface area contributed by atoms with E-state index in [1.807, 2.05) is 12.1 Å². The molecule has 8 aliphatic heterocycles. The monoisotopic (exact) mass is 676 g/mol. The standard InChI is InChI=1S/C42H52N4O4/c1-5-25-21-45-15-11-27(25)19-33(45)40-30(13-17-45)29-7-9-36(50-24(4)48)39(42(29)44-40)38-35(49-23(3)47)10-8-32-37(38)31-14-18-46-16-12-28(26(6-2)22-46)20-34(46)41(31)43-32/h7-10,25-28,33-34,43-44H,5-6,11-22H2,1-4H3/q+2/t25-,26-,27-,28-,33-,34-,45+,46+/m0/s1. The minimum atomic E-state index is -0.354. The van der Waals surface area contributed by atoms with Crippen LogP contribution >= 0.6 is 0 Å². The Morgan fingerprint density at radius 2 is 1.28 bits per heavy atom. The molecule has 2 N–H and O–H groups in total. The van der Waals surface area contributed by atoms with E-state index < -0.39 is 0 Å². The SMILES string of the molecule is CC[C@H]1C[N@@+]23CCc4c([nH]c5c(-c6c(OC(C)=O)ccc7[nH]c8c(c67)CC[N@@+]67CC[C@@H](C[C@@H]86)[C@@H](CC)C7)c(OC(C)=O)ccc45)[C@@H]2C[C@@H]1CC3. The maximum Gasteiger partial charge on any atom is 0.308 e. The molecule has 2 aromatic heterocycles. The van der Waals surface area contributed by atoms with E-state index in [1.165, 1.54) is 122 Å². The molecule has 0 amide bonds. The number of ether oxygens (including phenoxy) is 2. The average molecular weight is 677 g/mol. The molecule has 4 bridgehead atoms. The van der Waals surface area contributed by atoms with E-state index in [9.17, 15) is 9.59 Å². The summed E-state index contributed by atoms with van der Waals surface area (Å²) in [6, 6.07) is 9.14. The summed E-state index contributed by atoms with van der Waals surface area (Å²) < 4.78 is 14.6. The van der Waals surface area contributed by atoms with Crippen molar-refractivity contribution in [3.63, 3.8) is 0 Å². The van der Waals surface area contributed by atoms with Crippen LogP contribution in [0.3, 0.4) is 0 Å². The number of carbonyl (C=O) groups is 2. The summed E-state index contributed by atoms with van der Waals surface area (Å²) in [4.78, 5) is 33.5. The fourth-order valence-corrected chi connectivity index (χ4v) is 12.8. The second-order valence-electron chi connectivity index (χ2n) is 17.1. The molecular formula is C42H52N4O4+2. The van der Waals surface area contributed by atoms with E-state index in [2.05, 4.69) is 35.9 Å². The van der Waals surface area contributed by atoms with E-state index >= 15 is 0 Å². The van der Waals surface area contributed by atoms with Crippen LogP contribution in [0.5, 0.6) is 11.5 Å². The smallest absolute Gasteiger partial charge is 0.308 e.